The summed E-state index contributed by atoms with van der Waals surface area (Å²) in [5, 5.41) is 2.18. The summed E-state index contributed by atoms with van der Waals surface area (Å²) in [4.78, 5) is 47.5. The Labute approximate surface area is 104 Å². The molecule has 0 aromatic carbocycles. The third kappa shape index (κ3) is 1.66. The standard InChI is InChI=1S/C11H15N3O4/c1-6(5-7(12)15)14-9(17)11(3-2-4-11)8(16)13-10(14)18/h6H,2-5H2,1H3,(H2,12,15)(H,13,16,18). The number of barbiturate groups is 1. The quantitative estimate of drug-likeness (QED) is 0.660. The molecule has 1 atom stereocenters. The molecule has 1 spiro atoms. The maximum atomic E-state index is 12.3. The Kier molecular flexibility index (Phi) is 2.84. The number of carbonyl (C=O) groups is 4. The van der Waals surface area contributed by atoms with Crippen molar-refractivity contribution in [3.8, 4) is 0 Å². The zero-order valence-electron chi connectivity index (χ0n) is 10.1. The van der Waals surface area contributed by atoms with Crippen molar-refractivity contribution >= 4 is 23.8 Å². The van der Waals surface area contributed by atoms with Gasteiger partial charge >= 0.3 is 6.03 Å². The van der Waals surface area contributed by atoms with Crippen LogP contribution in [0.5, 0.6) is 0 Å². The van der Waals surface area contributed by atoms with Gasteiger partial charge in [-0.3, -0.25) is 24.6 Å². The number of nitrogens with zero attached hydrogens (tertiary/aromatic N) is 1. The summed E-state index contributed by atoms with van der Waals surface area (Å²) in [5.41, 5.74) is 3.96. The first kappa shape index (κ1) is 12.5. The Balaban J connectivity index is 2.24. The van der Waals surface area contributed by atoms with Crippen LogP contribution in [0.4, 0.5) is 4.79 Å². The molecule has 5 amide bonds. The van der Waals surface area contributed by atoms with Gasteiger partial charge in [0.15, 0.2) is 0 Å². The molecule has 1 unspecified atom stereocenters. The molecular weight excluding hydrogens is 238 g/mol. The van der Waals surface area contributed by atoms with Gasteiger partial charge in [-0.05, 0) is 19.8 Å². The minimum Gasteiger partial charge on any atom is -0.370 e. The van der Waals surface area contributed by atoms with E-state index >= 15 is 0 Å². The number of hydrogen-bond acceptors (Lipinski definition) is 4. The van der Waals surface area contributed by atoms with Crippen molar-refractivity contribution in [1.82, 2.24) is 10.2 Å². The van der Waals surface area contributed by atoms with Gasteiger partial charge < -0.3 is 5.73 Å². The average molecular weight is 253 g/mol. The van der Waals surface area contributed by atoms with E-state index in [-0.39, 0.29) is 6.42 Å². The molecule has 7 nitrogen and oxygen atoms in total. The molecule has 3 N–H and O–H groups in total. The van der Waals surface area contributed by atoms with Crippen LogP contribution >= 0.6 is 0 Å². The second-order valence-electron chi connectivity index (χ2n) is 4.89. The second kappa shape index (κ2) is 4.08. The van der Waals surface area contributed by atoms with Crippen molar-refractivity contribution in [2.45, 2.75) is 38.6 Å². The van der Waals surface area contributed by atoms with E-state index in [9.17, 15) is 19.2 Å². The van der Waals surface area contributed by atoms with E-state index in [1.54, 1.807) is 6.92 Å². The molecule has 0 radical (unpaired) electrons. The number of primary amides is 1. The first-order valence-corrected chi connectivity index (χ1v) is 5.86. The number of carbonyl (C=O) groups excluding carboxylic acids is 4. The van der Waals surface area contributed by atoms with E-state index in [0.29, 0.717) is 12.8 Å². The zero-order valence-corrected chi connectivity index (χ0v) is 10.1. The van der Waals surface area contributed by atoms with E-state index in [2.05, 4.69) is 5.32 Å². The molecule has 2 rings (SSSR count). The molecule has 0 aromatic heterocycles. The molecule has 1 saturated heterocycles. The number of amides is 5. The Morgan fingerprint density at radius 1 is 1.44 bits per heavy atom. The van der Waals surface area contributed by atoms with Gasteiger partial charge in [0.05, 0.1) is 0 Å². The molecule has 1 saturated carbocycles. The minimum atomic E-state index is -1.10. The van der Waals surface area contributed by atoms with Crippen LogP contribution in [0.25, 0.3) is 0 Å². The van der Waals surface area contributed by atoms with Crippen molar-refractivity contribution in [3.63, 3.8) is 0 Å². The van der Waals surface area contributed by atoms with Gasteiger partial charge in [-0.1, -0.05) is 6.42 Å². The Morgan fingerprint density at radius 2 is 2.06 bits per heavy atom. The monoisotopic (exact) mass is 253 g/mol. The summed E-state index contributed by atoms with van der Waals surface area (Å²) in [7, 11) is 0. The van der Waals surface area contributed by atoms with Crippen LogP contribution in [0.1, 0.15) is 32.6 Å². The summed E-state index contributed by atoms with van der Waals surface area (Å²) < 4.78 is 0. The lowest BCUT2D eigenvalue weighted by Crippen LogP contribution is -2.67. The van der Waals surface area contributed by atoms with Gasteiger partial charge in [-0.2, -0.15) is 0 Å². The highest BCUT2D eigenvalue weighted by Crippen LogP contribution is 2.44. The SMILES string of the molecule is CC(CC(N)=O)N1C(=O)NC(=O)C2(CCC2)C1=O. The summed E-state index contributed by atoms with van der Waals surface area (Å²) in [5.74, 6) is -1.62. The third-order valence-electron chi connectivity index (χ3n) is 3.65. The van der Waals surface area contributed by atoms with Crippen LogP contribution in [0.2, 0.25) is 0 Å². The van der Waals surface area contributed by atoms with Crippen molar-refractivity contribution in [2.75, 3.05) is 0 Å². The molecule has 1 aliphatic heterocycles. The smallest absolute Gasteiger partial charge is 0.331 e. The second-order valence-corrected chi connectivity index (χ2v) is 4.89. The lowest BCUT2D eigenvalue weighted by molar-refractivity contribution is -0.159. The minimum absolute atomic E-state index is 0.108. The third-order valence-corrected chi connectivity index (χ3v) is 3.65. The van der Waals surface area contributed by atoms with Gasteiger partial charge in [0, 0.05) is 12.5 Å². The fourth-order valence-corrected chi connectivity index (χ4v) is 2.45. The van der Waals surface area contributed by atoms with Gasteiger partial charge in [0.1, 0.15) is 5.41 Å². The highest BCUT2D eigenvalue weighted by Gasteiger charge is 2.58. The van der Waals surface area contributed by atoms with E-state index < -0.39 is 35.2 Å². The van der Waals surface area contributed by atoms with Gasteiger partial charge in [0.25, 0.3) is 0 Å². The van der Waals surface area contributed by atoms with Crippen LogP contribution in [-0.4, -0.2) is 34.7 Å². The number of urea groups is 1. The lowest BCUT2D eigenvalue weighted by atomic mass is 9.66. The van der Waals surface area contributed by atoms with Crippen LogP contribution in [0, 0.1) is 5.41 Å². The summed E-state index contributed by atoms with van der Waals surface area (Å²) in [6, 6.07) is -1.41. The van der Waals surface area contributed by atoms with Crippen molar-refractivity contribution < 1.29 is 19.2 Å². The number of nitrogens with one attached hydrogen (secondary N) is 1. The highest BCUT2D eigenvalue weighted by atomic mass is 16.2. The van der Waals surface area contributed by atoms with E-state index in [1.165, 1.54) is 0 Å². The van der Waals surface area contributed by atoms with E-state index in [1.807, 2.05) is 0 Å². The maximum Gasteiger partial charge on any atom is 0.331 e. The predicted octanol–water partition coefficient (Wildman–Crippen LogP) is -0.501. The van der Waals surface area contributed by atoms with Crippen molar-refractivity contribution in [2.24, 2.45) is 11.1 Å². The lowest BCUT2D eigenvalue weighted by Gasteiger charge is -2.46. The topological polar surface area (TPSA) is 110 Å². The summed E-state index contributed by atoms with van der Waals surface area (Å²) in [6.45, 7) is 1.56. The first-order chi connectivity index (χ1) is 8.38. The number of hydrogen-bond donors (Lipinski definition) is 2. The average Bonchev–Trinajstić information content (AvgIpc) is 2.12. The van der Waals surface area contributed by atoms with E-state index in [4.69, 9.17) is 5.73 Å². The van der Waals surface area contributed by atoms with Crippen LogP contribution in [-0.2, 0) is 14.4 Å². The fraction of sp³-hybridized carbons (Fsp3) is 0.636. The molecule has 0 aromatic rings. The van der Waals surface area contributed by atoms with E-state index in [0.717, 1.165) is 11.3 Å². The van der Waals surface area contributed by atoms with Gasteiger partial charge in [0.2, 0.25) is 17.7 Å². The predicted molar refractivity (Wildman–Crippen MR) is 59.9 cm³/mol. The highest BCUT2D eigenvalue weighted by molar-refractivity contribution is 6.19. The van der Waals surface area contributed by atoms with Crippen LogP contribution < -0.4 is 11.1 Å². The molecular formula is C11H15N3O4. The molecule has 1 aliphatic carbocycles. The zero-order chi connectivity index (χ0) is 13.5. The molecule has 0 bridgehead atoms. The van der Waals surface area contributed by atoms with Crippen molar-refractivity contribution in [1.29, 1.82) is 0 Å². The van der Waals surface area contributed by atoms with Crippen LogP contribution in [0.15, 0.2) is 0 Å². The largest absolute Gasteiger partial charge is 0.370 e. The number of nitrogens with two attached hydrogens (primary N) is 1. The summed E-state index contributed by atoms with van der Waals surface area (Å²) in [6.07, 6.45) is 1.57. The molecule has 1 heterocycles. The molecule has 2 fully saturated rings. The Hall–Kier alpha value is -1.92. The Bertz CT molecular complexity index is 442. The van der Waals surface area contributed by atoms with Gasteiger partial charge in [-0.15, -0.1) is 0 Å². The molecule has 18 heavy (non-hydrogen) atoms. The number of rotatable bonds is 3. The fourth-order valence-electron chi connectivity index (χ4n) is 2.45. The maximum absolute atomic E-state index is 12.3. The molecule has 2 aliphatic rings. The van der Waals surface area contributed by atoms with Crippen LogP contribution in [0.3, 0.4) is 0 Å². The van der Waals surface area contributed by atoms with Crippen molar-refractivity contribution in [3.05, 3.63) is 0 Å². The van der Waals surface area contributed by atoms with Gasteiger partial charge in [-0.25, -0.2) is 4.79 Å². The summed E-state index contributed by atoms with van der Waals surface area (Å²) >= 11 is 0. The Morgan fingerprint density at radius 3 is 2.50 bits per heavy atom. The normalized spacial score (nSPS) is 23.6. The first-order valence-electron chi connectivity index (χ1n) is 5.86. The molecule has 7 heteroatoms. The number of imide groups is 2. The molecule has 98 valence electrons.